The van der Waals surface area contributed by atoms with Crippen LogP contribution < -0.4 is 10.6 Å². The first-order valence-corrected chi connectivity index (χ1v) is 8.37. The smallest absolute Gasteiger partial charge is 0.319 e. The molecule has 1 aliphatic rings. The monoisotopic (exact) mass is 333 g/mol. The summed E-state index contributed by atoms with van der Waals surface area (Å²) in [6.45, 7) is 0.758. The van der Waals surface area contributed by atoms with Gasteiger partial charge in [-0.1, -0.05) is 30.3 Å². The van der Waals surface area contributed by atoms with Crippen LogP contribution in [0.3, 0.4) is 0 Å². The molecular weight excluding hydrogens is 314 g/mol. The molecule has 1 atom stereocenters. The molecule has 0 spiro atoms. The highest BCUT2D eigenvalue weighted by molar-refractivity contribution is 5.90. The number of amides is 2. The van der Waals surface area contributed by atoms with Crippen LogP contribution in [0.5, 0.6) is 0 Å². The van der Waals surface area contributed by atoms with Gasteiger partial charge >= 0.3 is 6.03 Å². The Bertz CT molecular complexity index is 874. The van der Waals surface area contributed by atoms with Crippen LogP contribution >= 0.6 is 0 Å². The van der Waals surface area contributed by atoms with E-state index in [2.05, 4.69) is 25.2 Å². The second-order valence-corrected chi connectivity index (χ2v) is 6.13. The van der Waals surface area contributed by atoms with Gasteiger partial charge in [-0.05, 0) is 18.6 Å². The van der Waals surface area contributed by atoms with Gasteiger partial charge in [0.15, 0.2) is 0 Å². The fraction of sp³-hybridized carbons (Fsp3) is 0.211. The molecule has 6 nitrogen and oxygen atoms in total. The molecule has 0 aliphatic carbocycles. The SMILES string of the molecule is O=C(Nc1ccnc(-c2ccccc2)c1)NC1CCc2nccn2C1. The van der Waals surface area contributed by atoms with Crippen molar-refractivity contribution in [3.63, 3.8) is 0 Å². The number of hydrogen-bond acceptors (Lipinski definition) is 3. The molecule has 0 fully saturated rings. The van der Waals surface area contributed by atoms with Gasteiger partial charge in [0, 0.05) is 48.8 Å². The largest absolute Gasteiger partial charge is 0.333 e. The van der Waals surface area contributed by atoms with Gasteiger partial charge < -0.3 is 15.2 Å². The van der Waals surface area contributed by atoms with Crippen LogP contribution in [0, 0.1) is 0 Å². The van der Waals surface area contributed by atoms with Crippen LogP contribution in [0.25, 0.3) is 11.3 Å². The number of nitrogens with one attached hydrogen (secondary N) is 2. The number of anilines is 1. The summed E-state index contributed by atoms with van der Waals surface area (Å²) in [5, 5.41) is 5.94. The van der Waals surface area contributed by atoms with E-state index in [1.54, 1.807) is 18.5 Å². The molecule has 0 saturated carbocycles. The summed E-state index contributed by atoms with van der Waals surface area (Å²) < 4.78 is 2.09. The number of carbonyl (C=O) groups excluding carboxylic acids is 1. The van der Waals surface area contributed by atoms with E-state index in [1.807, 2.05) is 42.6 Å². The van der Waals surface area contributed by atoms with Crippen molar-refractivity contribution in [3.05, 3.63) is 66.9 Å². The highest BCUT2D eigenvalue weighted by atomic mass is 16.2. The van der Waals surface area contributed by atoms with E-state index >= 15 is 0 Å². The molecule has 1 unspecified atom stereocenters. The summed E-state index contributed by atoms with van der Waals surface area (Å²) in [6, 6.07) is 13.5. The van der Waals surface area contributed by atoms with Gasteiger partial charge in [-0.2, -0.15) is 0 Å². The third-order valence-corrected chi connectivity index (χ3v) is 4.36. The van der Waals surface area contributed by atoms with Crippen molar-refractivity contribution in [2.24, 2.45) is 0 Å². The molecule has 6 heteroatoms. The van der Waals surface area contributed by atoms with E-state index in [-0.39, 0.29) is 12.1 Å². The van der Waals surface area contributed by atoms with Gasteiger partial charge in [0.2, 0.25) is 0 Å². The molecule has 4 rings (SSSR count). The summed E-state index contributed by atoms with van der Waals surface area (Å²) in [6.07, 6.45) is 7.24. The van der Waals surface area contributed by atoms with Crippen LogP contribution in [-0.2, 0) is 13.0 Å². The third-order valence-electron chi connectivity index (χ3n) is 4.36. The van der Waals surface area contributed by atoms with Crippen LogP contribution in [0.4, 0.5) is 10.5 Å². The zero-order valence-corrected chi connectivity index (χ0v) is 13.7. The van der Waals surface area contributed by atoms with Gasteiger partial charge in [-0.25, -0.2) is 9.78 Å². The second kappa shape index (κ2) is 6.76. The Morgan fingerprint density at radius 1 is 1.12 bits per heavy atom. The van der Waals surface area contributed by atoms with Gasteiger partial charge in [0.05, 0.1) is 5.69 Å². The lowest BCUT2D eigenvalue weighted by Crippen LogP contribution is -2.42. The predicted octanol–water partition coefficient (Wildman–Crippen LogP) is 3.08. The number of fused-ring (bicyclic) bond motifs is 1. The van der Waals surface area contributed by atoms with E-state index in [4.69, 9.17) is 0 Å². The Kier molecular flexibility index (Phi) is 4.16. The molecule has 2 N–H and O–H groups in total. The molecule has 0 saturated heterocycles. The summed E-state index contributed by atoms with van der Waals surface area (Å²) in [7, 11) is 0. The van der Waals surface area contributed by atoms with Gasteiger partial charge in [0.25, 0.3) is 0 Å². The first-order valence-electron chi connectivity index (χ1n) is 8.37. The van der Waals surface area contributed by atoms with Crippen molar-refractivity contribution in [2.75, 3.05) is 5.32 Å². The van der Waals surface area contributed by atoms with Crippen molar-refractivity contribution in [1.82, 2.24) is 19.9 Å². The molecule has 25 heavy (non-hydrogen) atoms. The lowest BCUT2D eigenvalue weighted by atomic mass is 10.1. The molecule has 1 aromatic carbocycles. The van der Waals surface area contributed by atoms with Crippen molar-refractivity contribution >= 4 is 11.7 Å². The van der Waals surface area contributed by atoms with Crippen molar-refractivity contribution in [1.29, 1.82) is 0 Å². The predicted molar refractivity (Wildman–Crippen MR) is 96.2 cm³/mol. The number of rotatable bonds is 3. The molecule has 2 aromatic heterocycles. The van der Waals surface area contributed by atoms with Gasteiger partial charge in [0.1, 0.15) is 5.82 Å². The van der Waals surface area contributed by atoms with Crippen LogP contribution in [0.1, 0.15) is 12.2 Å². The van der Waals surface area contributed by atoms with E-state index < -0.39 is 0 Å². The topological polar surface area (TPSA) is 71.8 Å². The number of pyridine rings is 1. The lowest BCUT2D eigenvalue weighted by Gasteiger charge is -2.24. The van der Waals surface area contributed by atoms with Crippen LogP contribution in [0.2, 0.25) is 0 Å². The maximum Gasteiger partial charge on any atom is 0.319 e. The first-order chi connectivity index (χ1) is 12.3. The summed E-state index contributed by atoms with van der Waals surface area (Å²) >= 11 is 0. The minimum atomic E-state index is -0.196. The molecule has 0 radical (unpaired) electrons. The number of aromatic nitrogens is 3. The van der Waals surface area contributed by atoms with Crippen LogP contribution in [-0.4, -0.2) is 26.6 Å². The normalized spacial score (nSPS) is 16.1. The fourth-order valence-electron chi connectivity index (χ4n) is 3.11. The fourth-order valence-corrected chi connectivity index (χ4v) is 3.11. The Balaban J connectivity index is 1.40. The average Bonchev–Trinajstić information content (AvgIpc) is 3.10. The molecule has 126 valence electrons. The molecular formula is C19H19N5O. The number of aryl methyl sites for hydroxylation is 1. The second-order valence-electron chi connectivity index (χ2n) is 6.13. The Labute approximate surface area is 145 Å². The van der Waals surface area contributed by atoms with E-state index in [0.29, 0.717) is 0 Å². The molecule has 2 amide bonds. The van der Waals surface area contributed by atoms with Gasteiger partial charge in [-0.15, -0.1) is 0 Å². The maximum atomic E-state index is 12.3. The van der Waals surface area contributed by atoms with E-state index in [1.165, 1.54) is 0 Å². The number of imidazole rings is 1. The minimum absolute atomic E-state index is 0.108. The molecule has 3 aromatic rings. The summed E-state index contributed by atoms with van der Waals surface area (Å²) in [4.78, 5) is 21.0. The van der Waals surface area contributed by atoms with Crippen molar-refractivity contribution < 1.29 is 4.79 Å². The van der Waals surface area contributed by atoms with E-state index in [9.17, 15) is 4.79 Å². The quantitative estimate of drug-likeness (QED) is 0.774. The average molecular weight is 333 g/mol. The summed E-state index contributed by atoms with van der Waals surface area (Å²) in [5.74, 6) is 1.08. The van der Waals surface area contributed by atoms with Crippen molar-refractivity contribution in [2.45, 2.75) is 25.4 Å². The Hall–Kier alpha value is -3.15. The Morgan fingerprint density at radius 3 is 2.88 bits per heavy atom. The van der Waals surface area contributed by atoms with Crippen LogP contribution in [0.15, 0.2) is 61.1 Å². The number of benzene rings is 1. The molecule has 0 bridgehead atoms. The molecule has 3 heterocycles. The zero-order chi connectivity index (χ0) is 17.1. The lowest BCUT2D eigenvalue weighted by molar-refractivity contribution is 0.244. The highest BCUT2D eigenvalue weighted by Crippen LogP contribution is 2.20. The maximum absolute atomic E-state index is 12.3. The molecule has 1 aliphatic heterocycles. The Morgan fingerprint density at radius 2 is 2.00 bits per heavy atom. The summed E-state index contributed by atoms with van der Waals surface area (Å²) in [5.41, 5.74) is 2.58. The number of nitrogens with zero attached hydrogens (tertiary/aromatic N) is 3. The highest BCUT2D eigenvalue weighted by Gasteiger charge is 2.20. The third kappa shape index (κ3) is 3.52. The number of carbonyl (C=O) groups is 1. The number of urea groups is 1. The van der Waals surface area contributed by atoms with Gasteiger partial charge in [-0.3, -0.25) is 4.98 Å². The first kappa shape index (κ1) is 15.4. The standard InChI is InChI=1S/C19H19N5O/c25-19(23-16-6-7-18-21-10-11-24(18)13-16)22-15-8-9-20-17(12-15)14-4-2-1-3-5-14/h1-5,8-12,16H,6-7,13H2,(H2,20,22,23,25). The number of hydrogen-bond donors (Lipinski definition) is 2. The van der Waals surface area contributed by atoms with Crippen molar-refractivity contribution in [3.8, 4) is 11.3 Å². The zero-order valence-electron chi connectivity index (χ0n) is 13.7. The minimum Gasteiger partial charge on any atom is -0.333 e. The van der Waals surface area contributed by atoms with E-state index in [0.717, 1.165) is 42.2 Å².